The van der Waals surface area contributed by atoms with E-state index in [0.717, 1.165) is 12.0 Å². The molecule has 0 saturated carbocycles. The minimum atomic E-state index is -3.78. The first-order chi connectivity index (χ1) is 11.9. The van der Waals surface area contributed by atoms with E-state index in [1.807, 2.05) is 32.0 Å². The summed E-state index contributed by atoms with van der Waals surface area (Å²) < 4.78 is 28.2. The van der Waals surface area contributed by atoms with Crippen molar-refractivity contribution in [2.45, 2.75) is 25.2 Å². The summed E-state index contributed by atoms with van der Waals surface area (Å²) in [5.74, 6) is -0.358. The monoisotopic (exact) mass is 357 g/mol. The molecule has 1 amide bonds. The first-order valence-electron chi connectivity index (χ1n) is 8.00. The van der Waals surface area contributed by atoms with Gasteiger partial charge < -0.3 is 10.2 Å². The van der Waals surface area contributed by atoms with Crippen LogP contribution in [0.1, 0.15) is 29.3 Å². The molecular formula is C18H19N3O3S. The number of anilines is 2. The van der Waals surface area contributed by atoms with E-state index in [1.54, 1.807) is 23.1 Å². The largest absolute Gasteiger partial charge is 0.331 e. The maximum atomic E-state index is 12.5. The van der Waals surface area contributed by atoms with Crippen LogP contribution in [-0.4, -0.2) is 27.2 Å². The summed E-state index contributed by atoms with van der Waals surface area (Å²) in [4.78, 5) is 14.3. The second-order valence-electron chi connectivity index (χ2n) is 5.84. The van der Waals surface area contributed by atoms with Gasteiger partial charge in [0.25, 0.3) is 15.9 Å². The highest BCUT2D eigenvalue weighted by atomic mass is 32.2. The summed E-state index contributed by atoms with van der Waals surface area (Å²) in [6.45, 7) is 4.55. The average Bonchev–Trinajstić information content (AvgIpc) is 2.59. The molecule has 130 valence electrons. The molecule has 1 heterocycles. The number of para-hydroxylation sites is 1. The van der Waals surface area contributed by atoms with E-state index in [0.29, 0.717) is 17.9 Å². The Bertz CT molecular complexity index is 952. The molecule has 2 aromatic carbocycles. The Labute approximate surface area is 147 Å². The molecule has 2 aromatic rings. The lowest BCUT2D eigenvalue weighted by Gasteiger charge is -2.25. The van der Waals surface area contributed by atoms with Gasteiger partial charge >= 0.3 is 0 Å². The Morgan fingerprint density at radius 2 is 1.96 bits per heavy atom. The Morgan fingerprint density at radius 3 is 2.68 bits per heavy atom. The number of aryl methyl sites for hydroxylation is 1. The zero-order valence-corrected chi connectivity index (χ0v) is 14.9. The number of amides is 1. The Morgan fingerprint density at radius 1 is 1.20 bits per heavy atom. The van der Waals surface area contributed by atoms with Gasteiger partial charge in [0.15, 0.2) is 0 Å². The van der Waals surface area contributed by atoms with Crippen molar-refractivity contribution in [3.05, 3.63) is 53.6 Å². The molecule has 1 aliphatic heterocycles. The molecule has 0 aliphatic carbocycles. The van der Waals surface area contributed by atoms with Crippen molar-refractivity contribution in [1.29, 1.82) is 0 Å². The minimum absolute atomic E-state index is 0.0564. The van der Waals surface area contributed by atoms with Crippen molar-refractivity contribution in [3.63, 3.8) is 0 Å². The SMILES string of the molecule is CCCN1C=NS(=O)(=O)c2cc(C(=O)Nc3ccccc3C)ccc21. The Hall–Kier alpha value is -2.67. The summed E-state index contributed by atoms with van der Waals surface area (Å²) in [6.07, 6.45) is 2.18. The molecule has 7 heteroatoms. The van der Waals surface area contributed by atoms with Gasteiger partial charge in [-0.15, -0.1) is 4.40 Å². The van der Waals surface area contributed by atoms with Crippen LogP contribution in [0.3, 0.4) is 0 Å². The zero-order valence-electron chi connectivity index (χ0n) is 14.1. The lowest BCUT2D eigenvalue weighted by atomic mass is 10.1. The van der Waals surface area contributed by atoms with E-state index in [-0.39, 0.29) is 16.4 Å². The van der Waals surface area contributed by atoms with E-state index in [2.05, 4.69) is 9.71 Å². The molecular weight excluding hydrogens is 338 g/mol. The molecule has 0 saturated heterocycles. The minimum Gasteiger partial charge on any atom is -0.331 e. The second kappa shape index (κ2) is 6.68. The highest BCUT2D eigenvalue weighted by molar-refractivity contribution is 7.90. The molecule has 1 aliphatic rings. The standard InChI is InChI=1S/C18H19N3O3S/c1-3-10-21-12-19-25(23,24)17-11-14(8-9-16(17)21)18(22)20-15-7-5-4-6-13(15)2/h4-9,11-12H,3,10H2,1-2H3,(H,20,22). The van der Waals surface area contributed by atoms with Crippen LogP contribution in [0, 0.1) is 6.92 Å². The van der Waals surface area contributed by atoms with Gasteiger partial charge in [-0.05, 0) is 43.2 Å². The summed E-state index contributed by atoms with van der Waals surface area (Å²) in [6, 6.07) is 12.1. The van der Waals surface area contributed by atoms with Gasteiger partial charge in [0, 0.05) is 17.8 Å². The van der Waals surface area contributed by atoms with Gasteiger partial charge in [0.1, 0.15) is 11.2 Å². The van der Waals surface area contributed by atoms with Crippen molar-refractivity contribution < 1.29 is 13.2 Å². The van der Waals surface area contributed by atoms with Crippen LogP contribution in [0.15, 0.2) is 51.8 Å². The molecule has 0 radical (unpaired) electrons. The first-order valence-corrected chi connectivity index (χ1v) is 9.44. The molecule has 0 atom stereocenters. The van der Waals surface area contributed by atoms with Crippen LogP contribution < -0.4 is 10.2 Å². The fourth-order valence-corrected chi connectivity index (χ4v) is 3.74. The van der Waals surface area contributed by atoms with Crippen molar-refractivity contribution in [2.24, 2.45) is 4.40 Å². The number of rotatable bonds is 4. The third-order valence-electron chi connectivity index (χ3n) is 3.99. The van der Waals surface area contributed by atoms with Crippen molar-refractivity contribution in [1.82, 2.24) is 0 Å². The van der Waals surface area contributed by atoms with Gasteiger partial charge in [-0.3, -0.25) is 4.79 Å². The van der Waals surface area contributed by atoms with Gasteiger partial charge in [-0.1, -0.05) is 25.1 Å². The maximum Gasteiger partial charge on any atom is 0.285 e. The molecule has 0 fully saturated rings. The smallest absolute Gasteiger partial charge is 0.285 e. The third-order valence-corrected chi connectivity index (χ3v) is 5.25. The van der Waals surface area contributed by atoms with Crippen molar-refractivity contribution in [3.8, 4) is 0 Å². The van der Waals surface area contributed by atoms with Crippen LogP contribution in [-0.2, 0) is 10.0 Å². The Kier molecular flexibility index (Phi) is 4.59. The van der Waals surface area contributed by atoms with Crippen molar-refractivity contribution >= 4 is 33.6 Å². The van der Waals surface area contributed by atoms with E-state index in [4.69, 9.17) is 0 Å². The van der Waals surface area contributed by atoms with E-state index in [1.165, 1.54) is 12.4 Å². The Balaban J connectivity index is 1.95. The number of benzene rings is 2. The predicted octanol–water partition coefficient (Wildman–Crippen LogP) is 3.19. The van der Waals surface area contributed by atoms with E-state index >= 15 is 0 Å². The highest BCUT2D eigenvalue weighted by Gasteiger charge is 2.26. The summed E-state index contributed by atoms with van der Waals surface area (Å²) in [5.41, 5.74) is 2.45. The maximum absolute atomic E-state index is 12.5. The molecule has 0 bridgehead atoms. The number of sulfonamides is 1. The third kappa shape index (κ3) is 3.41. The number of nitrogens with zero attached hydrogens (tertiary/aromatic N) is 2. The van der Waals surface area contributed by atoms with Crippen LogP contribution in [0.25, 0.3) is 0 Å². The molecule has 25 heavy (non-hydrogen) atoms. The topological polar surface area (TPSA) is 78.8 Å². The normalized spacial score (nSPS) is 14.9. The number of nitrogens with one attached hydrogen (secondary N) is 1. The lowest BCUT2D eigenvalue weighted by Crippen LogP contribution is -2.28. The van der Waals surface area contributed by atoms with Gasteiger partial charge in [0.2, 0.25) is 0 Å². The molecule has 0 spiro atoms. The molecule has 3 rings (SSSR count). The van der Waals surface area contributed by atoms with Crippen LogP contribution >= 0.6 is 0 Å². The number of fused-ring (bicyclic) bond motifs is 1. The lowest BCUT2D eigenvalue weighted by molar-refractivity contribution is 0.102. The average molecular weight is 357 g/mol. The van der Waals surface area contributed by atoms with E-state index < -0.39 is 10.0 Å². The molecule has 0 aromatic heterocycles. The zero-order chi connectivity index (χ0) is 18.0. The van der Waals surface area contributed by atoms with Crippen LogP contribution in [0.5, 0.6) is 0 Å². The number of carbonyl (C=O) groups is 1. The summed E-state index contributed by atoms with van der Waals surface area (Å²) in [7, 11) is -3.78. The first kappa shape index (κ1) is 17.2. The van der Waals surface area contributed by atoms with Gasteiger partial charge in [-0.2, -0.15) is 8.42 Å². The quantitative estimate of drug-likeness (QED) is 0.911. The van der Waals surface area contributed by atoms with E-state index in [9.17, 15) is 13.2 Å². The fraction of sp³-hybridized carbons (Fsp3) is 0.222. The van der Waals surface area contributed by atoms with Crippen LogP contribution in [0.2, 0.25) is 0 Å². The van der Waals surface area contributed by atoms with Gasteiger partial charge in [0.05, 0.1) is 5.69 Å². The summed E-state index contributed by atoms with van der Waals surface area (Å²) in [5, 5.41) is 2.81. The second-order valence-corrected chi connectivity index (χ2v) is 7.44. The van der Waals surface area contributed by atoms with Gasteiger partial charge in [-0.25, -0.2) is 0 Å². The number of hydrogen-bond acceptors (Lipinski definition) is 4. The molecule has 6 nitrogen and oxygen atoms in total. The fourth-order valence-electron chi connectivity index (χ4n) is 2.66. The van der Waals surface area contributed by atoms with Crippen molar-refractivity contribution in [2.75, 3.05) is 16.8 Å². The highest BCUT2D eigenvalue weighted by Crippen LogP contribution is 2.31. The van der Waals surface area contributed by atoms with Crippen LogP contribution in [0.4, 0.5) is 11.4 Å². The molecule has 0 unspecified atom stereocenters. The summed E-state index contributed by atoms with van der Waals surface area (Å²) >= 11 is 0. The number of hydrogen-bond donors (Lipinski definition) is 1. The number of carbonyl (C=O) groups excluding carboxylic acids is 1. The predicted molar refractivity (Wildman–Crippen MR) is 98.9 cm³/mol. The molecule has 1 N–H and O–H groups in total.